The highest BCUT2D eigenvalue weighted by Crippen LogP contribution is 2.48. The van der Waals surface area contributed by atoms with Crippen LogP contribution in [0, 0.1) is 0 Å². The van der Waals surface area contributed by atoms with E-state index < -0.39 is 0 Å². The van der Waals surface area contributed by atoms with Crippen LogP contribution < -0.4 is 0 Å². The molecule has 0 aliphatic heterocycles. The zero-order valence-corrected chi connectivity index (χ0v) is 34.6. The molecule has 9 aromatic carbocycles. The molecule has 14 rings (SSSR count). The van der Waals surface area contributed by atoms with Crippen LogP contribution in [-0.2, 0) is 6.42 Å². The lowest BCUT2D eigenvalue weighted by atomic mass is 9.85. The number of aromatic nitrogens is 4. The second-order valence-electron chi connectivity index (χ2n) is 16.7. The van der Waals surface area contributed by atoms with E-state index in [4.69, 9.17) is 19.4 Å². The molecule has 6 heteroatoms. The van der Waals surface area contributed by atoms with E-state index in [0.29, 0.717) is 17.5 Å². The number of nitrogens with zero attached hydrogens (tertiary/aromatic N) is 4. The molecular formula is C57H34N4OS. The van der Waals surface area contributed by atoms with Gasteiger partial charge < -0.3 is 8.98 Å². The number of hydrogen-bond donors (Lipinski definition) is 0. The normalized spacial score (nSPS) is 13.8. The third-order valence-electron chi connectivity index (χ3n) is 13.2. The van der Waals surface area contributed by atoms with Crippen LogP contribution in [0.5, 0.6) is 0 Å². The van der Waals surface area contributed by atoms with Gasteiger partial charge in [-0.3, -0.25) is 0 Å². The number of rotatable bonds is 4. The SMILES string of the molecule is c1ccc(-c2nc(-c3ccc4c5c(oc4c3)-c3ccccc3C(n3c4cc6ccccc6cc4c4cc6ccccc6cc43)C5)nc(-c3ccc4sc5ccccc5c4c3)n2)cc1. The van der Waals surface area contributed by atoms with Crippen LogP contribution in [0.2, 0.25) is 0 Å². The second kappa shape index (κ2) is 13.3. The minimum atomic E-state index is 0.0358. The maximum absolute atomic E-state index is 6.97. The van der Waals surface area contributed by atoms with Crippen molar-refractivity contribution in [2.45, 2.75) is 12.5 Å². The molecular weight excluding hydrogens is 789 g/mol. The minimum Gasteiger partial charge on any atom is -0.456 e. The van der Waals surface area contributed by atoms with Gasteiger partial charge >= 0.3 is 0 Å². The monoisotopic (exact) mass is 822 g/mol. The number of thiophene rings is 1. The summed E-state index contributed by atoms with van der Waals surface area (Å²) in [6, 6.07) is 67.6. The third-order valence-corrected chi connectivity index (χ3v) is 14.3. The Morgan fingerprint density at radius 1 is 0.444 bits per heavy atom. The molecule has 0 saturated carbocycles. The van der Waals surface area contributed by atoms with E-state index in [-0.39, 0.29) is 6.04 Å². The Bertz CT molecular complexity index is 3940. The molecule has 0 spiro atoms. The van der Waals surface area contributed by atoms with Crippen LogP contribution in [0.15, 0.2) is 192 Å². The van der Waals surface area contributed by atoms with E-state index in [9.17, 15) is 0 Å². The van der Waals surface area contributed by atoms with Gasteiger partial charge in [0.15, 0.2) is 17.5 Å². The van der Waals surface area contributed by atoms with Crippen LogP contribution in [0.1, 0.15) is 17.2 Å². The molecule has 1 aliphatic carbocycles. The lowest BCUT2D eigenvalue weighted by Gasteiger charge is -2.28. The van der Waals surface area contributed by atoms with Crippen LogP contribution in [0.3, 0.4) is 0 Å². The smallest absolute Gasteiger partial charge is 0.164 e. The van der Waals surface area contributed by atoms with Crippen molar-refractivity contribution in [3.05, 3.63) is 199 Å². The van der Waals surface area contributed by atoms with E-state index in [1.165, 1.54) is 74.6 Å². The molecule has 0 radical (unpaired) electrons. The van der Waals surface area contributed by atoms with Crippen molar-refractivity contribution in [1.29, 1.82) is 0 Å². The fraction of sp³-hybridized carbons (Fsp3) is 0.0351. The van der Waals surface area contributed by atoms with E-state index in [2.05, 4.69) is 174 Å². The Kier molecular flexibility index (Phi) is 7.33. The van der Waals surface area contributed by atoms with Gasteiger partial charge in [0.2, 0.25) is 0 Å². The first kappa shape index (κ1) is 34.7. The van der Waals surface area contributed by atoms with Crippen molar-refractivity contribution < 1.29 is 4.42 Å². The molecule has 1 atom stereocenters. The molecule has 294 valence electrons. The van der Waals surface area contributed by atoms with Crippen LogP contribution >= 0.6 is 11.3 Å². The topological polar surface area (TPSA) is 56.7 Å². The summed E-state index contributed by atoms with van der Waals surface area (Å²) in [6.45, 7) is 0. The highest BCUT2D eigenvalue weighted by atomic mass is 32.1. The lowest BCUT2D eigenvalue weighted by Crippen LogP contribution is -2.18. The van der Waals surface area contributed by atoms with E-state index in [1.54, 1.807) is 0 Å². The van der Waals surface area contributed by atoms with Gasteiger partial charge in [-0.15, -0.1) is 11.3 Å². The maximum atomic E-state index is 6.97. The first-order valence-electron chi connectivity index (χ1n) is 21.4. The van der Waals surface area contributed by atoms with Gasteiger partial charge in [0.05, 0.1) is 17.1 Å². The molecule has 4 aromatic heterocycles. The lowest BCUT2D eigenvalue weighted by molar-refractivity contribution is 0.577. The summed E-state index contributed by atoms with van der Waals surface area (Å²) in [7, 11) is 0. The van der Waals surface area contributed by atoms with Crippen molar-refractivity contribution in [3.8, 4) is 45.5 Å². The number of hydrogen-bond acceptors (Lipinski definition) is 5. The Morgan fingerprint density at radius 2 is 1.02 bits per heavy atom. The van der Waals surface area contributed by atoms with Gasteiger partial charge in [0.1, 0.15) is 11.3 Å². The summed E-state index contributed by atoms with van der Waals surface area (Å²) in [6.07, 6.45) is 0.783. The zero-order chi connectivity index (χ0) is 41.2. The molecule has 0 fully saturated rings. The van der Waals surface area contributed by atoms with Gasteiger partial charge in [-0.05, 0) is 81.7 Å². The predicted octanol–water partition coefficient (Wildman–Crippen LogP) is 15.2. The Balaban J connectivity index is 0.938. The molecule has 63 heavy (non-hydrogen) atoms. The fourth-order valence-corrected chi connectivity index (χ4v) is 11.3. The summed E-state index contributed by atoms with van der Waals surface area (Å²) in [5.74, 6) is 2.81. The largest absolute Gasteiger partial charge is 0.456 e. The molecule has 1 unspecified atom stereocenters. The highest BCUT2D eigenvalue weighted by molar-refractivity contribution is 7.25. The molecule has 0 amide bonds. The van der Waals surface area contributed by atoms with Crippen LogP contribution in [0.4, 0.5) is 0 Å². The van der Waals surface area contributed by atoms with Crippen LogP contribution in [0.25, 0.3) is 120 Å². The number of furan rings is 1. The first-order valence-corrected chi connectivity index (χ1v) is 22.2. The summed E-state index contributed by atoms with van der Waals surface area (Å²) in [5.41, 5.74) is 9.67. The van der Waals surface area contributed by atoms with Crippen LogP contribution in [-0.4, -0.2) is 19.5 Å². The number of benzene rings is 9. The van der Waals surface area contributed by atoms with Gasteiger partial charge in [-0.2, -0.15) is 0 Å². The maximum Gasteiger partial charge on any atom is 0.164 e. The first-order chi connectivity index (χ1) is 31.2. The second-order valence-corrected chi connectivity index (χ2v) is 17.8. The molecule has 5 nitrogen and oxygen atoms in total. The average Bonchev–Trinajstić information content (AvgIpc) is 4.01. The van der Waals surface area contributed by atoms with Gasteiger partial charge in [0, 0.05) is 70.6 Å². The highest BCUT2D eigenvalue weighted by Gasteiger charge is 2.32. The zero-order valence-electron chi connectivity index (χ0n) is 33.8. The Labute approximate surface area is 365 Å². The summed E-state index contributed by atoms with van der Waals surface area (Å²) in [4.78, 5) is 15.4. The number of fused-ring (bicyclic) bond motifs is 13. The Hall–Kier alpha value is -7.93. The predicted molar refractivity (Wildman–Crippen MR) is 261 cm³/mol. The molecule has 0 N–H and O–H groups in total. The molecule has 4 heterocycles. The van der Waals surface area contributed by atoms with Crippen molar-refractivity contribution >= 4 is 85.8 Å². The summed E-state index contributed by atoms with van der Waals surface area (Å²) in [5, 5.41) is 11.1. The summed E-state index contributed by atoms with van der Waals surface area (Å²) >= 11 is 1.81. The van der Waals surface area contributed by atoms with Gasteiger partial charge in [-0.25, -0.2) is 15.0 Å². The molecule has 0 bridgehead atoms. The molecule has 0 saturated heterocycles. The van der Waals surface area contributed by atoms with E-state index >= 15 is 0 Å². The summed E-state index contributed by atoms with van der Waals surface area (Å²) < 4.78 is 12.1. The molecule has 13 aromatic rings. The third kappa shape index (κ3) is 5.32. The minimum absolute atomic E-state index is 0.0358. The van der Waals surface area contributed by atoms with E-state index in [1.807, 2.05) is 29.5 Å². The van der Waals surface area contributed by atoms with Gasteiger partial charge in [-0.1, -0.05) is 133 Å². The average molecular weight is 823 g/mol. The fourth-order valence-electron chi connectivity index (χ4n) is 10.2. The molecule has 1 aliphatic rings. The standard InChI is InChI=1S/C57H34N4OS/c1-2-12-33(13-3-1)55-58-56(38-23-25-53-46(28-38)42-19-10-11-21-52(42)63-53)60-57(59-55)39-22-24-41-47-32-50(40-18-8-9-20-43(40)54(47)62-51(41)31-39)61-48-29-36-16-6-4-14-34(36)26-44(48)45-27-35-15-5-7-17-37(35)30-49(45)61/h1-31,50H,32H2. The van der Waals surface area contributed by atoms with E-state index in [0.717, 1.165) is 45.4 Å². The quantitative estimate of drug-likeness (QED) is 0.177. The van der Waals surface area contributed by atoms with Gasteiger partial charge in [0.25, 0.3) is 0 Å². The van der Waals surface area contributed by atoms with Crippen molar-refractivity contribution in [3.63, 3.8) is 0 Å². The van der Waals surface area contributed by atoms with Crippen molar-refractivity contribution in [2.24, 2.45) is 0 Å². The van der Waals surface area contributed by atoms with Crippen molar-refractivity contribution in [2.75, 3.05) is 0 Å². The van der Waals surface area contributed by atoms with Crippen molar-refractivity contribution in [1.82, 2.24) is 19.5 Å². The Morgan fingerprint density at radius 3 is 1.75 bits per heavy atom.